The summed E-state index contributed by atoms with van der Waals surface area (Å²) in [6.45, 7) is 0. The van der Waals surface area contributed by atoms with Crippen molar-refractivity contribution in [1.82, 2.24) is 4.98 Å². The minimum absolute atomic E-state index is 0.695. The van der Waals surface area contributed by atoms with Crippen LogP contribution in [0.3, 0.4) is 0 Å². The van der Waals surface area contributed by atoms with Crippen LogP contribution in [-0.2, 0) is 0 Å². The summed E-state index contributed by atoms with van der Waals surface area (Å²) in [7, 11) is 0. The zero-order valence-corrected chi connectivity index (χ0v) is 16.1. The Morgan fingerprint density at radius 3 is 2.04 bits per heavy atom. The molecule has 4 rings (SSSR count). The molecule has 0 unspecified atom stereocenters. The third kappa shape index (κ3) is 3.43. The van der Waals surface area contributed by atoms with Crippen molar-refractivity contribution in [1.29, 1.82) is 0 Å². The van der Waals surface area contributed by atoms with Gasteiger partial charge in [0.2, 0.25) is 0 Å². The fourth-order valence-electron chi connectivity index (χ4n) is 2.83. The summed E-state index contributed by atoms with van der Waals surface area (Å²) in [5.74, 6) is 0. The molecule has 1 nitrogen and oxygen atoms in total. The molecule has 0 aliphatic carbocycles. The molecule has 0 bridgehead atoms. The van der Waals surface area contributed by atoms with Crippen molar-refractivity contribution in [3.05, 3.63) is 87.3 Å². The molecule has 0 saturated carbocycles. The van der Waals surface area contributed by atoms with E-state index in [0.717, 1.165) is 37.8 Å². The van der Waals surface area contributed by atoms with Gasteiger partial charge in [0.25, 0.3) is 0 Å². The molecule has 4 heteroatoms. The number of hydrogen-bond acceptors (Lipinski definition) is 1. The maximum atomic E-state index is 6.22. The van der Waals surface area contributed by atoms with Gasteiger partial charge in [-0.3, -0.25) is 0 Å². The number of aromatic nitrogens is 1. The zero-order chi connectivity index (χ0) is 17.4. The van der Waals surface area contributed by atoms with E-state index in [1.807, 2.05) is 54.6 Å². The molecule has 122 valence electrons. The molecule has 0 aliphatic heterocycles. The highest BCUT2D eigenvalue weighted by atomic mass is 79.9. The Balaban J connectivity index is 1.99. The van der Waals surface area contributed by atoms with Crippen LogP contribution >= 0.6 is 39.1 Å². The van der Waals surface area contributed by atoms with Gasteiger partial charge >= 0.3 is 0 Å². The molecule has 0 atom stereocenters. The van der Waals surface area contributed by atoms with Gasteiger partial charge in [0.15, 0.2) is 0 Å². The van der Waals surface area contributed by atoms with Gasteiger partial charge in [-0.1, -0.05) is 63.4 Å². The average molecular weight is 429 g/mol. The summed E-state index contributed by atoms with van der Waals surface area (Å²) in [6, 6.07) is 23.9. The van der Waals surface area contributed by atoms with Crippen LogP contribution < -0.4 is 0 Å². The van der Waals surface area contributed by atoms with Crippen LogP contribution in [0.4, 0.5) is 0 Å². The number of pyridine rings is 1. The second kappa shape index (κ2) is 6.80. The van der Waals surface area contributed by atoms with Gasteiger partial charge in [-0.15, -0.1) is 0 Å². The van der Waals surface area contributed by atoms with E-state index in [0.29, 0.717) is 10.0 Å². The maximum Gasteiger partial charge on any atom is 0.0716 e. The van der Waals surface area contributed by atoms with E-state index in [9.17, 15) is 0 Å². The van der Waals surface area contributed by atoms with Crippen LogP contribution in [0.5, 0.6) is 0 Å². The first-order chi connectivity index (χ1) is 12.1. The number of hydrogen-bond donors (Lipinski definition) is 0. The van der Waals surface area contributed by atoms with E-state index in [2.05, 4.69) is 34.1 Å². The fraction of sp³-hybridized carbons (Fsp3) is 0. The predicted octanol–water partition coefficient (Wildman–Crippen LogP) is 7.64. The van der Waals surface area contributed by atoms with Crippen molar-refractivity contribution in [2.75, 3.05) is 0 Å². The molecular formula is C21H12BrCl2N. The Hall–Kier alpha value is -1.87. The lowest BCUT2D eigenvalue weighted by Gasteiger charge is -2.11. The molecule has 0 N–H and O–H groups in total. The molecule has 0 radical (unpaired) electrons. The van der Waals surface area contributed by atoms with Gasteiger partial charge in [0.05, 0.1) is 11.2 Å². The highest BCUT2D eigenvalue weighted by molar-refractivity contribution is 9.10. The lowest BCUT2D eigenvalue weighted by atomic mass is 9.98. The molecule has 1 aromatic heterocycles. The lowest BCUT2D eigenvalue weighted by molar-refractivity contribution is 1.39. The number of halogens is 3. The van der Waals surface area contributed by atoms with Crippen molar-refractivity contribution in [3.63, 3.8) is 0 Å². The molecule has 0 amide bonds. The first-order valence-electron chi connectivity index (χ1n) is 7.72. The Morgan fingerprint density at radius 2 is 1.32 bits per heavy atom. The van der Waals surface area contributed by atoms with Crippen LogP contribution in [0.1, 0.15) is 0 Å². The van der Waals surface area contributed by atoms with E-state index >= 15 is 0 Å². The minimum Gasteiger partial charge on any atom is -0.248 e. The zero-order valence-electron chi connectivity index (χ0n) is 13.0. The topological polar surface area (TPSA) is 12.9 Å². The van der Waals surface area contributed by atoms with Gasteiger partial charge < -0.3 is 0 Å². The standard InChI is InChI=1S/C21H12BrCl2N/c22-15-5-1-14(2-6-15)21-12-18(13-3-7-16(23)8-4-13)19-11-17(24)9-10-20(19)25-21/h1-12H. The Kier molecular flexibility index (Phi) is 4.51. The SMILES string of the molecule is Clc1ccc(-c2cc(-c3ccc(Br)cc3)nc3ccc(Cl)cc23)cc1. The monoisotopic (exact) mass is 427 g/mol. The van der Waals surface area contributed by atoms with Crippen molar-refractivity contribution in [2.45, 2.75) is 0 Å². The summed E-state index contributed by atoms with van der Waals surface area (Å²) < 4.78 is 1.04. The third-order valence-electron chi connectivity index (χ3n) is 4.07. The Morgan fingerprint density at radius 1 is 0.680 bits per heavy atom. The fourth-order valence-corrected chi connectivity index (χ4v) is 3.40. The van der Waals surface area contributed by atoms with Crippen molar-refractivity contribution < 1.29 is 0 Å². The highest BCUT2D eigenvalue weighted by Gasteiger charge is 2.10. The second-order valence-electron chi connectivity index (χ2n) is 5.73. The van der Waals surface area contributed by atoms with Crippen LogP contribution in [0.2, 0.25) is 10.0 Å². The van der Waals surface area contributed by atoms with E-state index < -0.39 is 0 Å². The molecule has 0 saturated heterocycles. The summed E-state index contributed by atoms with van der Waals surface area (Å²) in [4.78, 5) is 4.82. The lowest BCUT2D eigenvalue weighted by Crippen LogP contribution is -1.90. The quantitative estimate of drug-likeness (QED) is 0.319. The Bertz CT molecular complexity index is 1060. The van der Waals surface area contributed by atoms with Gasteiger partial charge in [0.1, 0.15) is 0 Å². The van der Waals surface area contributed by atoms with Crippen LogP contribution in [0, 0.1) is 0 Å². The smallest absolute Gasteiger partial charge is 0.0716 e. The van der Waals surface area contributed by atoms with Crippen LogP contribution in [0.25, 0.3) is 33.3 Å². The first kappa shape index (κ1) is 16.6. The second-order valence-corrected chi connectivity index (χ2v) is 7.52. The molecule has 1 heterocycles. The molecule has 0 aliphatic rings. The van der Waals surface area contributed by atoms with Gasteiger partial charge in [-0.2, -0.15) is 0 Å². The van der Waals surface area contributed by atoms with Crippen molar-refractivity contribution in [3.8, 4) is 22.4 Å². The molecular weight excluding hydrogens is 417 g/mol. The van der Waals surface area contributed by atoms with E-state index in [1.165, 1.54) is 0 Å². The number of fused-ring (bicyclic) bond motifs is 1. The summed E-state index contributed by atoms with van der Waals surface area (Å²) in [5.41, 5.74) is 5.07. The van der Waals surface area contributed by atoms with E-state index in [1.54, 1.807) is 0 Å². The minimum atomic E-state index is 0.695. The Labute approximate surface area is 164 Å². The molecule has 4 aromatic rings. The molecule has 0 fully saturated rings. The highest BCUT2D eigenvalue weighted by Crippen LogP contribution is 2.34. The first-order valence-corrected chi connectivity index (χ1v) is 9.27. The van der Waals surface area contributed by atoms with Crippen LogP contribution in [0.15, 0.2) is 77.3 Å². The normalized spacial score (nSPS) is 11.0. The molecule has 3 aromatic carbocycles. The molecule has 25 heavy (non-hydrogen) atoms. The van der Waals surface area contributed by atoms with Gasteiger partial charge in [-0.05, 0) is 59.7 Å². The van der Waals surface area contributed by atoms with Crippen molar-refractivity contribution in [2.24, 2.45) is 0 Å². The maximum absolute atomic E-state index is 6.22. The van der Waals surface area contributed by atoms with E-state index in [4.69, 9.17) is 28.2 Å². The number of benzene rings is 3. The third-order valence-corrected chi connectivity index (χ3v) is 5.08. The molecule has 0 spiro atoms. The average Bonchev–Trinajstić information content (AvgIpc) is 2.62. The number of nitrogens with zero attached hydrogens (tertiary/aromatic N) is 1. The largest absolute Gasteiger partial charge is 0.248 e. The summed E-state index contributed by atoms with van der Waals surface area (Å²) >= 11 is 15.7. The van der Waals surface area contributed by atoms with Gasteiger partial charge in [0, 0.05) is 25.5 Å². The number of rotatable bonds is 2. The summed E-state index contributed by atoms with van der Waals surface area (Å²) in [6.07, 6.45) is 0. The van der Waals surface area contributed by atoms with Gasteiger partial charge in [-0.25, -0.2) is 4.98 Å². The van der Waals surface area contributed by atoms with Crippen molar-refractivity contribution >= 4 is 50.0 Å². The van der Waals surface area contributed by atoms with Crippen LogP contribution in [-0.4, -0.2) is 4.98 Å². The van der Waals surface area contributed by atoms with E-state index in [-0.39, 0.29) is 0 Å². The summed E-state index contributed by atoms with van der Waals surface area (Å²) in [5, 5.41) is 2.44. The predicted molar refractivity (Wildman–Crippen MR) is 110 cm³/mol.